The highest BCUT2D eigenvalue weighted by molar-refractivity contribution is 7.98. The van der Waals surface area contributed by atoms with E-state index in [1.54, 1.807) is 49.2 Å². The molecule has 1 amide bonds. The van der Waals surface area contributed by atoms with Gasteiger partial charge >= 0.3 is 0 Å². The number of hydrogen-bond donors (Lipinski definition) is 1. The van der Waals surface area contributed by atoms with Crippen molar-refractivity contribution < 1.29 is 14.3 Å². The van der Waals surface area contributed by atoms with Crippen LogP contribution in [0.25, 0.3) is 0 Å². The standard InChI is InChI=1S/C20H23Cl2NO3S/c1-3-19(26-16-7-5-15(25-2)6-8-16)20(24)23-10-11-27-13-14-4-9-17(21)18(22)12-14/h4-9,12,19H,3,10-11,13H2,1-2H3,(H,23,24)/t19-/m1/s1. The summed E-state index contributed by atoms with van der Waals surface area (Å²) < 4.78 is 10.9. The summed E-state index contributed by atoms with van der Waals surface area (Å²) in [5.74, 6) is 2.89. The van der Waals surface area contributed by atoms with E-state index in [-0.39, 0.29) is 5.91 Å². The number of benzene rings is 2. The largest absolute Gasteiger partial charge is 0.497 e. The number of methoxy groups -OCH3 is 1. The molecule has 0 saturated carbocycles. The number of rotatable bonds is 10. The van der Waals surface area contributed by atoms with Gasteiger partial charge < -0.3 is 14.8 Å². The molecule has 2 rings (SSSR count). The highest BCUT2D eigenvalue weighted by Crippen LogP contribution is 2.24. The maximum absolute atomic E-state index is 12.3. The Bertz CT molecular complexity index is 741. The summed E-state index contributed by atoms with van der Waals surface area (Å²) in [4.78, 5) is 12.3. The van der Waals surface area contributed by atoms with Crippen LogP contribution in [0.1, 0.15) is 18.9 Å². The summed E-state index contributed by atoms with van der Waals surface area (Å²) in [6, 6.07) is 12.8. The summed E-state index contributed by atoms with van der Waals surface area (Å²) in [5, 5.41) is 4.04. The van der Waals surface area contributed by atoms with Crippen molar-refractivity contribution in [2.24, 2.45) is 0 Å². The van der Waals surface area contributed by atoms with E-state index in [0.717, 1.165) is 22.8 Å². The van der Waals surface area contributed by atoms with Crippen LogP contribution in [0.2, 0.25) is 10.0 Å². The van der Waals surface area contributed by atoms with Crippen LogP contribution >= 0.6 is 35.0 Å². The first-order valence-corrected chi connectivity index (χ1v) is 10.5. The number of carbonyl (C=O) groups excluding carboxylic acids is 1. The molecule has 7 heteroatoms. The van der Waals surface area contributed by atoms with E-state index in [0.29, 0.717) is 28.8 Å². The average molecular weight is 428 g/mol. The Kier molecular flexibility index (Phi) is 9.11. The Morgan fingerprint density at radius 1 is 1.11 bits per heavy atom. The van der Waals surface area contributed by atoms with E-state index in [1.165, 1.54) is 0 Å². The molecular formula is C20H23Cl2NO3S. The molecule has 27 heavy (non-hydrogen) atoms. The maximum atomic E-state index is 12.3. The van der Waals surface area contributed by atoms with Crippen molar-refractivity contribution in [2.75, 3.05) is 19.4 Å². The van der Waals surface area contributed by atoms with Crippen LogP contribution in [-0.4, -0.2) is 31.4 Å². The molecule has 0 aliphatic rings. The van der Waals surface area contributed by atoms with E-state index in [1.807, 2.05) is 19.1 Å². The van der Waals surface area contributed by atoms with Crippen molar-refractivity contribution in [3.63, 3.8) is 0 Å². The fourth-order valence-corrected chi connectivity index (χ4v) is 3.45. The van der Waals surface area contributed by atoms with Gasteiger partial charge in [0.1, 0.15) is 11.5 Å². The van der Waals surface area contributed by atoms with E-state index in [2.05, 4.69) is 5.32 Å². The molecule has 0 fully saturated rings. The van der Waals surface area contributed by atoms with Gasteiger partial charge in [0.25, 0.3) is 5.91 Å². The second kappa shape index (κ2) is 11.3. The lowest BCUT2D eigenvalue weighted by atomic mass is 10.2. The highest BCUT2D eigenvalue weighted by atomic mass is 35.5. The molecule has 0 heterocycles. The van der Waals surface area contributed by atoms with Crippen molar-refractivity contribution in [3.05, 3.63) is 58.1 Å². The first kappa shape index (κ1) is 21.7. The van der Waals surface area contributed by atoms with E-state index < -0.39 is 6.10 Å². The highest BCUT2D eigenvalue weighted by Gasteiger charge is 2.17. The van der Waals surface area contributed by atoms with Gasteiger partial charge in [0.15, 0.2) is 6.10 Å². The molecular weight excluding hydrogens is 405 g/mol. The molecule has 2 aromatic carbocycles. The molecule has 4 nitrogen and oxygen atoms in total. The Labute approximate surface area is 174 Å². The second-order valence-corrected chi connectivity index (χ2v) is 7.70. The predicted molar refractivity (Wildman–Crippen MR) is 113 cm³/mol. The maximum Gasteiger partial charge on any atom is 0.261 e. The zero-order valence-electron chi connectivity index (χ0n) is 15.3. The zero-order valence-corrected chi connectivity index (χ0v) is 17.7. The molecule has 1 atom stereocenters. The second-order valence-electron chi connectivity index (χ2n) is 5.78. The van der Waals surface area contributed by atoms with Crippen molar-refractivity contribution in [1.82, 2.24) is 5.32 Å². The Hall–Kier alpha value is -1.56. The Morgan fingerprint density at radius 3 is 2.44 bits per heavy atom. The van der Waals surface area contributed by atoms with E-state index in [9.17, 15) is 4.79 Å². The van der Waals surface area contributed by atoms with Crippen molar-refractivity contribution in [2.45, 2.75) is 25.2 Å². The van der Waals surface area contributed by atoms with Gasteiger partial charge in [-0.05, 0) is 48.4 Å². The molecule has 0 saturated heterocycles. The SMILES string of the molecule is CC[C@@H](Oc1ccc(OC)cc1)C(=O)NCCSCc1ccc(Cl)c(Cl)c1. The smallest absolute Gasteiger partial charge is 0.261 e. The molecule has 2 aromatic rings. The number of halogens is 2. The minimum Gasteiger partial charge on any atom is -0.497 e. The molecule has 146 valence electrons. The van der Waals surface area contributed by atoms with Gasteiger partial charge in [0.2, 0.25) is 0 Å². The minimum atomic E-state index is -0.515. The monoisotopic (exact) mass is 427 g/mol. The van der Waals surface area contributed by atoms with Crippen molar-refractivity contribution in [3.8, 4) is 11.5 Å². The third-order valence-corrected chi connectivity index (χ3v) is 5.57. The molecule has 0 aromatic heterocycles. The molecule has 0 spiro atoms. The summed E-state index contributed by atoms with van der Waals surface area (Å²) >= 11 is 13.6. The molecule has 0 unspecified atom stereocenters. The number of thioether (sulfide) groups is 1. The van der Waals surface area contributed by atoms with Gasteiger partial charge in [-0.25, -0.2) is 0 Å². The van der Waals surface area contributed by atoms with Crippen LogP contribution in [0.4, 0.5) is 0 Å². The van der Waals surface area contributed by atoms with E-state index in [4.69, 9.17) is 32.7 Å². The molecule has 0 aliphatic heterocycles. The van der Waals surface area contributed by atoms with Crippen LogP contribution in [0, 0.1) is 0 Å². The third-order valence-electron chi connectivity index (χ3n) is 3.80. The first-order valence-electron chi connectivity index (χ1n) is 8.63. The van der Waals surface area contributed by atoms with Crippen LogP contribution in [-0.2, 0) is 10.5 Å². The average Bonchev–Trinajstić information content (AvgIpc) is 2.68. The fourth-order valence-electron chi connectivity index (χ4n) is 2.32. The number of carbonyl (C=O) groups is 1. The number of amides is 1. The normalized spacial score (nSPS) is 11.7. The zero-order chi connectivity index (χ0) is 19.6. The number of nitrogens with one attached hydrogen (secondary N) is 1. The Morgan fingerprint density at radius 2 is 1.81 bits per heavy atom. The lowest BCUT2D eigenvalue weighted by Crippen LogP contribution is -2.39. The third kappa shape index (κ3) is 7.17. The quantitative estimate of drug-likeness (QED) is 0.528. The number of ether oxygens (including phenoxy) is 2. The molecule has 0 radical (unpaired) electrons. The van der Waals surface area contributed by atoms with Crippen LogP contribution in [0.15, 0.2) is 42.5 Å². The summed E-state index contributed by atoms with van der Waals surface area (Å²) in [6.07, 6.45) is 0.0762. The predicted octanol–water partition coefficient (Wildman–Crippen LogP) is 5.21. The lowest BCUT2D eigenvalue weighted by Gasteiger charge is -2.17. The summed E-state index contributed by atoms with van der Waals surface area (Å²) in [7, 11) is 1.61. The van der Waals surface area contributed by atoms with Gasteiger partial charge in [-0.15, -0.1) is 0 Å². The van der Waals surface area contributed by atoms with Crippen molar-refractivity contribution >= 4 is 40.9 Å². The molecule has 0 bridgehead atoms. The topological polar surface area (TPSA) is 47.6 Å². The van der Waals surface area contributed by atoms with Crippen LogP contribution in [0.3, 0.4) is 0 Å². The van der Waals surface area contributed by atoms with Crippen LogP contribution < -0.4 is 14.8 Å². The Balaban J connectivity index is 1.71. The fraction of sp³-hybridized carbons (Fsp3) is 0.350. The summed E-state index contributed by atoms with van der Waals surface area (Å²) in [5.41, 5.74) is 1.11. The van der Waals surface area contributed by atoms with E-state index >= 15 is 0 Å². The van der Waals surface area contributed by atoms with Gasteiger partial charge in [-0.2, -0.15) is 11.8 Å². The summed E-state index contributed by atoms with van der Waals surface area (Å²) in [6.45, 7) is 2.50. The minimum absolute atomic E-state index is 0.108. The van der Waals surface area contributed by atoms with Gasteiger partial charge in [0, 0.05) is 18.1 Å². The van der Waals surface area contributed by atoms with Gasteiger partial charge in [0.05, 0.1) is 17.2 Å². The van der Waals surface area contributed by atoms with Crippen molar-refractivity contribution in [1.29, 1.82) is 0 Å². The van der Waals surface area contributed by atoms with Gasteiger partial charge in [-0.3, -0.25) is 4.79 Å². The first-order chi connectivity index (χ1) is 13.0. The lowest BCUT2D eigenvalue weighted by molar-refractivity contribution is -0.127. The van der Waals surface area contributed by atoms with Gasteiger partial charge in [-0.1, -0.05) is 36.2 Å². The van der Waals surface area contributed by atoms with Crippen LogP contribution in [0.5, 0.6) is 11.5 Å². The number of hydrogen-bond acceptors (Lipinski definition) is 4. The molecule has 0 aliphatic carbocycles. The molecule has 1 N–H and O–H groups in total.